The van der Waals surface area contributed by atoms with Gasteiger partial charge in [-0.3, -0.25) is 0 Å². The van der Waals surface area contributed by atoms with Gasteiger partial charge in [-0.15, -0.1) is 7.80 Å². The molecule has 0 saturated carbocycles. The van der Waals surface area contributed by atoms with Crippen LogP contribution < -0.4 is 5.30 Å². The summed E-state index contributed by atoms with van der Waals surface area (Å²) in [6.45, 7) is 14.8. The Labute approximate surface area is 111 Å². The fourth-order valence-electron chi connectivity index (χ4n) is 2.88. The molecule has 4 heteroatoms. The van der Waals surface area contributed by atoms with E-state index in [1.807, 2.05) is 0 Å². The molecule has 0 nitrogen and oxygen atoms in total. The van der Waals surface area contributed by atoms with Crippen molar-refractivity contribution in [3.63, 3.8) is 0 Å². The summed E-state index contributed by atoms with van der Waals surface area (Å²) in [5.74, 6) is 0. The minimum Gasteiger partial charge on any atom is -0.129 e. The van der Waals surface area contributed by atoms with Gasteiger partial charge in [0.2, 0.25) is 0 Å². The van der Waals surface area contributed by atoms with Gasteiger partial charge in [-0.2, -0.15) is 0 Å². The predicted molar refractivity (Wildman–Crippen MR) is 89.2 cm³/mol. The van der Waals surface area contributed by atoms with Crippen molar-refractivity contribution in [2.75, 3.05) is 0 Å². The standard InChI is InChI=1S/C13H24BPSi2/c1-16(2,3)13(17(4,5)6)15(14)12-10-8-7-9-11-12/h7-11,13H,1-6H3. The van der Waals surface area contributed by atoms with Gasteiger partial charge in [-0.05, 0) is 10.2 Å². The average molecular weight is 278 g/mol. The predicted octanol–water partition coefficient (Wildman–Crippen LogP) is 4.00. The van der Waals surface area contributed by atoms with Crippen molar-refractivity contribution < 1.29 is 0 Å². The SMILES string of the molecule is [B]P(c1ccccc1)C([Si](C)(C)C)[Si](C)(C)C. The minimum atomic E-state index is -1.20. The van der Waals surface area contributed by atoms with Gasteiger partial charge >= 0.3 is 0 Å². The van der Waals surface area contributed by atoms with Crippen LogP contribution in [0, 0.1) is 0 Å². The molecule has 1 aromatic rings. The summed E-state index contributed by atoms with van der Waals surface area (Å²) in [4.78, 5) is 0.785. The molecular weight excluding hydrogens is 254 g/mol. The highest BCUT2D eigenvalue weighted by molar-refractivity contribution is 7.92. The van der Waals surface area contributed by atoms with E-state index in [1.54, 1.807) is 0 Å². The van der Waals surface area contributed by atoms with Crippen LogP contribution in [0.25, 0.3) is 0 Å². The molecular formula is C13H24BPSi2. The molecule has 1 aromatic carbocycles. The Balaban J connectivity index is 3.09. The maximum atomic E-state index is 6.65. The lowest BCUT2D eigenvalue weighted by molar-refractivity contribution is 1.46. The van der Waals surface area contributed by atoms with Crippen LogP contribution in [0.5, 0.6) is 0 Å². The summed E-state index contributed by atoms with van der Waals surface area (Å²) in [5, 5.41) is 1.37. The Morgan fingerprint density at radius 2 is 1.29 bits per heavy atom. The van der Waals surface area contributed by atoms with E-state index in [4.69, 9.17) is 7.57 Å². The quantitative estimate of drug-likeness (QED) is 0.577. The molecule has 0 N–H and O–H groups in total. The van der Waals surface area contributed by atoms with Crippen molar-refractivity contribution >= 4 is 36.8 Å². The molecule has 0 aromatic heterocycles. The first-order valence-electron chi connectivity index (χ1n) is 6.23. The van der Waals surface area contributed by atoms with E-state index in [2.05, 4.69) is 69.6 Å². The number of rotatable bonds is 4. The van der Waals surface area contributed by atoms with E-state index < -0.39 is 23.9 Å². The molecule has 0 aliphatic carbocycles. The second-order valence-corrected chi connectivity index (χ2v) is 20.9. The van der Waals surface area contributed by atoms with Gasteiger partial charge in [0.15, 0.2) is 0 Å². The van der Waals surface area contributed by atoms with E-state index in [0.717, 1.165) is 4.91 Å². The third-order valence-electron chi connectivity index (χ3n) is 2.97. The molecule has 92 valence electrons. The summed E-state index contributed by atoms with van der Waals surface area (Å²) in [7, 11) is 3.75. The number of hydrogen-bond acceptors (Lipinski definition) is 0. The molecule has 0 fully saturated rings. The highest BCUT2D eigenvalue weighted by Crippen LogP contribution is 2.44. The number of hydrogen-bond donors (Lipinski definition) is 0. The van der Waals surface area contributed by atoms with Crippen LogP contribution in [0.1, 0.15) is 0 Å². The largest absolute Gasteiger partial charge is 0.129 e. The zero-order valence-electron chi connectivity index (χ0n) is 12.0. The third kappa shape index (κ3) is 4.08. The van der Waals surface area contributed by atoms with Gasteiger partial charge < -0.3 is 0 Å². The maximum Gasteiger partial charge on any atom is 0.115 e. The Hall–Kier alpha value is 0.149. The molecule has 2 radical (unpaired) electrons. The van der Waals surface area contributed by atoms with Crippen LogP contribution in [-0.2, 0) is 0 Å². The van der Waals surface area contributed by atoms with E-state index >= 15 is 0 Å². The van der Waals surface area contributed by atoms with E-state index in [1.165, 1.54) is 5.30 Å². The van der Waals surface area contributed by atoms with Crippen molar-refractivity contribution in [3.8, 4) is 0 Å². The van der Waals surface area contributed by atoms with Gasteiger partial charge in [0.1, 0.15) is 7.57 Å². The first-order valence-corrected chi connectivity index (χ1v) is 14.9. The van der Waals surface area contributed by atoms with Crippen LogP contribution in [0.3, 0.4) is 0 Å². The monoisotopic (exact) mass is 278 g/mol. The second-order valence-electron chi connectivity index (χ2n) is 6.88. The molecule has 1 atom stereocenters. The summed E-state index contributed by atoms with van der Waals surface area (Å²) < 4.78 is 0. The topological polar surface area (TPSA) is 0 Å². The van der Waals surface area contributed by atoms with Crippen molar-refractivity contribution in [1.82, 2.24) is 0 Å². The van der Waals surface area contributed by atoms with Crippen molar-refractivity contribution in [2.24, 2.45) is 0 Å². The highest BCUT2D eigenvalue weighted by atomic mass is 31.1. The summed E-state index contributed by atoms with van der Waals surface area (Å²) in [6, 6.07) is 10.7. The maximum absolute atomic E-state index is 6.65. The van der Waals surface area contributed by atoms with E-state index in [9.17, 15) is 0 Å². The van der Waals surface area contributed by atoms with Crippen LogP contribution in [-0.4, -0.2) is 28.6 Å². The zero-order chi connectivity index (χ0) is 13.3. The van der Waals surface area contributed by atoms with Gasteiger partial charge in [0, 0.05) is 16.1 Å². The van der Waals surface area contributed by atoms with E-state index in [0.29, 0.717) is 0 Å². The minimum absolute atomic E-state index is 0.492. The summed E-state index contributed by atoms with van der Waals surface area (Å²) >= 11 is 0. The van der Waals surface area contributed by atoms with Crippen molar-refractivity contribution in [2.45, 2.75) is 44.2 Å². The lowest BCUT2D eigenvalue weighted by Gasteiger charge is -2.43. The van der Waals surface area contributed by atoms with Gasteiger partial charge in [0.05, 0.1) is 0 Å². The molecule has 0 aliphatic rings. The molecule has 0 amide bonds. The van der Waals surface area contributed by atoms with Crippen molar-refractivity contribution in [1.29, 1.82) is 0 Å². The molecule has 17 heavy (non-hydrogen) atoms. The third-order valence-corrected chi connectivity index (χ3v) is 19.2. The van der Waals surface area contributed by atoms with Gasteiger partial charge in [-0.1, -0.05) is 69.6 Å². The van der Waals surface area contributed by atoms with Crippen LogP contribution >= 0.6 is 7.80 Å². The molecule has 0 spiro atoms. The lowest BCUT2D eigenvalue weighted by Crippen LogP contribution is -2.53. The molecule has 0 heterocycles. The van der Waals surface area contributed by atoms with Crippen LogP contribution in [0.15, 0.2) is 30.3 Å². The molecule has 0 aliphatic heterocycles. The Bertz CT molecular complexity index is 340. The fourth-order valence-corrected chi connectivity index (χ4v) is 21.7. The summed E-state index contributed by atoms with van der Waals surface area (Å²) in [6.07, 6.45) is 0. The highest BCUT2D eigenvalue weighted by Gasteiger charge is 2.40. The zero-order valence-corrected chi connectivity index (χ0v) is 14.9. The van der Waals surface area contributed by atoms with Gasteiger partial charge in [-0.25, -0.2) is 0 Å². The van der Waals surface area contributed by atoms with Crippen LogP contribution in [0.4, 0.5) is 0 Å². The van der Waals surface area contributed by atoms with Gasteiger partial charge in [0.25, 0.3) is 0 Å². The normalized spacial score (nSPS) is 15.0. The Morgan fingerprint density at radius 3 is 1.65 bits per heavy atom. The molecule has 1 rings (SSSR count). The fraction of sp³-hybridized carbons (Fsp3) is 0.538. The molecule has 1 unspecified atom stereocenters. The average Bonchev–Trinajstić information content (AvgIpc) is 2.14. The van der Waals surface area contributed by atoms with E-state index in [-0.39, 0.29) is 0 Å². The Morgan fingerprint density at radius 1 is 0.882 bits per heavy atom. The first kappa shape index (κ1) is 15.2. The summed E-state index contributed by atoms with van der Waals surface area (Å²) in [5.41, 5.74) is 0. The Kier molecular flexibility index (Phi) is 4.85. The smallest absolute Gasteiger partial charge is 0.115 e. The van der Waals surface area contributed by atoms with Crippen LogP contribution in [0.2, 0.25) is 39.3 Å². The van der Waals surface area contributed by atoms with Crippen molar-refractivity contribution in [3.05, 3.63) is 30.3 Å². The second kappa shape index (κ2) is 5.42. The molecule has 0 saturated heterocycles. The first-order chi connectivity index (χ1) is 7.64. The molecule has 0 bridgehead atoms. The lowest BCUT2D eigenvalue weighted by atomic mass is 10.4. The number of benzene rings is 1.